The molecule has 1 aliphatic rings. The summed E-state index contributed by atoms with van der Waals surface area (Å²) in [6, 6.07) is 0. The fourth-order valence-electron chi connectivity index (χ4n) is 2.41. The molecule has 1 saturated carbocycles. The molecule has 0 atom stereocenters. The van der Waals surface area contributed by atoms with Crippen molar-refractivity contribution in [1.29, 1.82) is 0 Å². The number of carbonyl (C=O) groups is 1. The first kappa shape index (κ1) is 16.7. The van der Waals surface area contributed by atoms with Crippen LogP contribution in [-0.4, -0.2) is 44.6 Å². The summed E-state index contributed by atoms with van der Waals surface area (Å²) in [5.74, 6) is 0.543. The van der Waals surface area contributed by atoms with Gasteiger partial charge in [-0.15, -0.1) is 0 Å². The van der Waals surface area contributed by atoms with Crippen molar-refractivity contribution in [3.63, 3.8) is 0 Å². The molecule has 2 aromatic heterocycles. The van der Waals surface area contributed by atoms with E-state index < -0.39 is 0 Å². The van der Waals surface area contributed by atoms with Gasteiger partial charge >= 0.3 is 0 Å². The summed E-state index contributed by atoms with van der Waals surface area (Å²) in [5, 5.41) is 14.1. The van der Waals surface area contributed by atoms with Crippen LogP contribution in [0.3, 0.4) is 0 Å². The predicted octanol–water partition coefficient (Wildman–Crippen LogP) is 2.23. The molecule has 2 heterocycles. The highest BCUT2D eigenvalue weighted by Crippen LogP contribution is 2.30. The quantitative estimate of drug-likeness (QED) is 0.777. The standard InChI is InChI=1S/C17H25N5O2/c1-4-22-9-13(7-20-22)15-14(8-19-21-15)16(23)18-11-17(2,3)24-10-12-5-6-12/h7-9,12H,4-6,10-11H2,1-3H3,(H,18,23)(H,19,21). The van der Waals surface area contributed by atoms with Gasteiger partial charge in [-0.1, -0.05) is 0 Å². The van der Waals surface area contributed by atoms with E-state index in [2.05, 4.69) is 20.6 Å². The molecule has 7 heteroatoms. The highest BCUT2D eigenvalue weighted by atomic mass is 16.5. The van der Waals surface area contributed by atoms with Gasteiger partial charge in [-0.05, 0) is 39.5 Å². The Kier molecular flexibility index (Phi) is 4.71. The van der Waals surface area contributed by atoms with Gasteiger partial charge < -0.3 is 10.1 Å². The zero-order valence-electron chi connectivity index (χ0n) is 14.5. The summed E-state index contributed by atoms with van der Waals surface area (Å²) in [6.45, 7) is 8.02. The highest BCUT2D eigenvalue weighted by Gasteiger charge is 2.27. The summed E-state index contributed by atoms with van der Waals surface area (Å²) in [4.78, 5) is 12.5. The fourth-order valence-corrected chi connectivity index (χ4v) is 2.41. The average molecular weight is 331 g/mol. The minimum Gasteiger partial charge on any atom is -0.373 e. The molecule has 24 heavy (non-hydrogen) atoms. The topological polar surface area (TPSA) is 84.8 Å². The van der Waals surface area contributed by atoms with Crippen LogP contribution in [0.2, 0.25) is 0 Å². The van der Waals surface area contributed by atoms with Crippen molar-refractivity contribution in [2.75, 3.05) is 13.2 Å². The number of amides is 1. The van der Waals surface area contributed by atoms with Gasteiger partial charge in [-0.3, -0.25) is 14.6 Å². The molecule has 0 saturated heterocycles. The zero-order chi connectivity index (χ0) is 17.2. The van der Waals surface area contributed by atoms with E-state index in [9.17, 15) is 4.79 Å². The lowest BCUT2D eigenvalue weighted by atomic mass is 10.1. The largest absolute Gasteiger partial charge is 0.373 e. The molecule has 2 N–H and O–H groups in total. The molecule has 7 nitrogen and oxygen atoms in total. The number of carbonyl (C=O) groups excluding carboxylic acids is 1. The van der Waals surface area contributed by atoms with Crippen LogP contribution in [0.25, 0.3) is 11.3 Å². The maximum Gasteiger partial charge on any atom is 0.255 e. The number of nitrogens with one attached hydrogen (secondary N) is 2. The zero-order valence-corrected chi connectivity index (χ0v) is 14.5. The van der Waals surface area contributed by atoms with E-state index >= 15 is 0 Å². The van der Waals surface area contributed by atoms with Crippen LogP contribution < -0.4 is 5.32 Å². The van der Waals surface area contributed by atoms with Crippen molar-refractivity contribution in [1.82, 2.24) is 25.3 Å². The average Bonchev–Trinajstić information content (AvgIpc) is 3.07. The van der Waals surface area contributed by atoms with Crippen molar-refractivity contribution >= 4 is 5.91 Å². The van der Waals surface area contributed by atoms with Gasteiger partial charge in [0.15, 0.2) is 0 Å². The number of aromatic nitrogens is 4. The molecule has 2 aromatic rings. The number of hydrogen-bond donors (Lipinski definition) is 2. The molecular formula is C17H25N5O2. The highest BCUT2D eigenvalue weighted by molar-refractivity contribution is 5.99. The van der Waals surface area contributed by atoms with Gasteiger partial charge in [-0.2, -0.15) is 10.2 Å². The van der Waals surface area contributed by atoms with Crippen LogP contribution in [0.15, 0.2) is 18.6 Å². The SMILES string of the molecule is CCn1cc(-c2[nH]ncc2C(=O)NCC(C)(C)OCC2CC2)cn1. The van der Waals surface area contributed by atoms with E-state index in [0.29, 0.717) is 23.7 Å². The molecule has 0 radical (unpaired) electrons. The molecule has 3 rings (SSSR count). The first-order valence-corrected chi connectivity index (χ1v) is 8.47. The Morgan fingerprint density at radius 1 is 1.46 bits per heavy atom. The minimum atomic E-state index is -0.380. The second kappa shape index (κ2) is 6.76. The molecule has 0 spiro atoms. The van der Waals surface area contributed by atoms with Crippen molar-refractivity contribution in [2.45, 2.75) is 45.8 Å². The number of hydrogen-bond acceptors (Lipinski definition) is 4. The Labute approximate surface area is 141 Å². The van der Waals surface area contributed by atoms with Crippen LogP contribution >= 0.6 is 0 Å². The molecule has 0 aliphatic heterocycles. The van der Waals surface area contributed by atoms with Crippen LogP contribution in [-0.2, 0) is 11.3 Å². The number of aryl methyl sites for hydroxylation is 1. The molecule has 1 amide bonds. The second-order valence-electron chi connectivity index (χ2n) is 6.94. The van der Waals surface area contributed by atoms with E-state index in [4.69, 9.17) is 4.74 Å². The number of rotatable bonds is 8. The lowest BCUT2D eigenvalue weighted by Crippen LogP contribution is -2.41. The fraction of sp³-hybridized carbons (Fsp3) is 0.588. The maximum atomic E-state index is 12.5. The summed E-state index contributed by atoms with van der Waals surface area (Å²) < 4.78 is 7.71. The molecule has 1 aliphatic carbocycles. The van der Waals surface area contributed by atoms with Gasteiger partial charge in [0.05, 0.1) is 35.9 Å². The molecule has 0 aromatic carbocycles. The maximum absolute atomic E-state index is 12.5. The van der Waals surface area contributed by atoms with Crippen molar-refractivity contribution < 1.29 is 9.53 Å². The summed E-state index contributed by atoms with van der Waals surface area (Å²) in [5.41, 5.74) is 1.67. The molecule has 1 fully saturated rings. The lowest BCUT2D eigenvalue weighted by molar-refractivity contribution is -0.0210. The van der Waals surface area contributed by atoms with Gasteiger partial charge in [0.25, 0.3) is 5.91 Å². The summed E-state index contributed by atoms with van der Waals surface area (Å²) >= 11 is 0. The van der Waals surface area contributed by atoms with Crippen molar-refractivity contribution in [3.05, 3.63) is 24.2 Å². The lowest BCUT2D eigenvalue weighted by Gasteiger charge is -2.25. The van der Waals surface area contributed by atoms with Crippen LogP contribution in [0, 0.1) is 5.92 Å². The predicted molar refractivity (Wildman–Crippen MR) is 90.6 cm³/mol. The third kappa shape index (κ3) is 4.03. The number of H-pyrrole nitrogens is 1. The van der Waals surface area contributed by atoms with E-state index in [0.717, 1.165) is 18.7 Å². The Hall–Kier alpha value is -2.15. The smallest absolute Gasteiger partial charge is 0.255 e. The minimum absolute atomic E-state index is 0.161. The Morgan fingerprint density at radius 2 is 2.25 bits per heavy atom. The Morgan fingerprint density at radius 3 is 2.92 bits per heavy atom. The van der Waals surface area contributed by atoms with E-state index in [1.54, 1.807) is 12.4 Å². The number of ether oxygens (including phenoxy) is 1. The Bertz CT molecular complexity index is 699. The van der Waals surface area contributed by atoms with E-state index in [1.165, 1.54) is 12.8 Å². The first-order valence-electron chi connectivity index (χ1n) is 8.47. The number of aromatic amines is 1. The van der Waals surface area contributed by atoms with E-state index in [-0.39, 0.29) is 11.5 Å². The van der Waals surface area contributed by atoms with Crippen molar-refractivity contribution in [2.24, 2.45) is 5.92 Å². The van der Waals surface area contributed by atoms with Crippen LogP contribution in [0.5, 0.6) is 0 Å². The van der Waals surface area contributed by atoms with Crippen molar-refractivity contribution in [3.8, 4) is 11.3 Å². The van der Waals surface area contributed by atoms with Gasteiger partial charge in [0, 0.05) is 24.8 Å². The van der Waals surface area contributed by atoms with E-state index in [1.807, 2.05) is 31.6 Å². The normalized spacial score (nSPS) is 14.8. The third-order valence-corrected chi connectivity index (χ3v) is 4.21. The van der Waals surface area contributed by atoms with Gasteiger partial charge in [0.2, 0.25) is 0 Å². The first-order chi connectivity index (χ1) is 11.5. The van der Waals surface area contributed by atoms with Gasteiger partial charge in [0.1, 0.15) is 0 Å². The molecular weight excluding hydrogens is 306 g/mol. The Balaban J connectivity index is 1.61. The van der Waals surface area contributed by atoms with Crippen LogP contribution in [0.4, 0.5) is 0 Å². The third-order valence-electron chi connectivity index (χ3n) is 4.21. The summed E-state index contributed by atoms with van der Waals surface area (Å²) in [6.07, 6.45) is 7.69. The molecule has 130 valence electrons. The summed E-state index contributed by atoms with van der Waals surface area (Å²) in [7, 11) is 0. The monoisotopic (exact) mass is 331 g/mol. The van der Waals surface area contributed by atoms with Crippen LogP contribution in [0.1, 0.15) is 44.0 Å². The second-order valence-corrected chi connectivity index (χ2v) is 6.94. The molecule has 0 bridgehead atoms. The number of nitrogens with zero attached hydrogens (tertiary/aromatic N) is 3. The molecule has 0 unspecified atom stereocenters. The van der Waals surface area contributed by atoms with Gasteiger partial charge in [-0.25, -0.2) is 0 Å².